The Hall–Kier alpha value is -3.49. The van der Waals surface area contributed by atoms with E-state index in [-0.39, 0.29) is 23.8 Å². The van der Waals surface area contributed by atoms with Crippen LogP contribution in [0.15, 0.2) is 30.3 Å². The lowest BCUT2D eigenvalue weighted by Gasteiger charge is -2.26. The summed E-state index contributed by atoms with van der Waals surface area (Å²) in [6.45, 7) is 11.5. The Labute approximate surface area is 221 Å². The summed E-state index contributed by atoms with van der Waals surface area (Å²) in [5, 5.41) is 0.633. The molecule has 1 aromatic carbocycles. The van der Waals surface area contributed by atoms with Crippen LogP contribution in [0.5, 0.6) is 0 Å². The lowest BCUT2D eigenvalue weighted by atomic mass is 10.0. The lowest BCUT2D eigenvalue weighted by molar-refractivity contribution is 0.0275. The van der Waals surface area contributed by atoms with Crippen LogP contribution < -0.4 is 0 Å². The number of H-pyrrole nitrogens is 1. The fourth-order valence-corrected chi connectivity index (χ4v) is 5.79. The van der Waals surface area contributed by atoms with Crippen LogP contribution in [-0.4, -0.2) is 70.0 Å². The van der Waals surface area contributed by atoms with Crippen molar-refractivity contribution in [3.8, 4) is 11.3 Å². The van der Waals surface area contributed by atoms with E-state index in [1.807, 2.05) is 51.7 Å². The maximum Gasteiger partial charge on any atom is 0.410 e. The molecule has 7 nitrogen and oxygen atoms in total. The van der Waals surface area contributed by atoms with E-state index in [9.17, 15) is 18.4 Å². The number of hydrogen-bond donors (Lipinski definition) is 1. The van der Waals surface area contributed by atoms with Crippen molar-refractivity contribution >= 4 is 22.9 Å². The third-order valence-electron chi connectivity index (χ3n) is 7.31. The Kier molecular flexibility index (Phi) is 6.65. The SMILES string of the molecule is Cc1cc(-c2[nH]c3ccc(C(=O)N4CC5CN(C(=O)OC(C)(C)C)CC5C4)cc3c2CC(F)F)cc(C)n1. The Morgan fingerprint density at radius 1 is 1.03 bits per heavy atom. The van der Waals surface area contributed by atoms with Gasteiger partial charge in [0.15, 0.2) is 0 Å². The quantitative estimate of drug-likeness (QED) is 0.482. The van der Waals surface area contributed by atoms with E-state index in [0.29, 0.717) is 53.9 Å². The molecule has 0 radical (unpaired) electrons. The van der Waals surface area contributed by atoms with Gasteiger partial charge in [0.05, 0.1) is 5.69 Å². The molecule has 0 aliphatic carbocycles. The first-order valence-electron chi connectivity index (χ1n) is 13.0. The summed E-state index contributed by atoms with van der Waals surface area (Å²) in [4.78, 5) is 37.2. The summed E-state index contributed by atoms with van der Waals surface area (Å²) in [5.74, 6) is 0.273. The molecule has 5 rings (SSSR count). The number of amides is 2. The highest BCUT2D eigenvalue weighted by atomic mass is 19.3. The molecule has 2 aliphatic heterocycles. The number of pyridine rings is 1. The molecule has 202 valence electrons. The van der Waals surface area contributed by atoms with Crippen molar-refractivity contribution in [2.24, 2.45) is 11.8 Å². The van der Waals surface area contributed by atoms with E-state index in [2.05, 4.69) is 9.97 Å². The zero-order valence-electron chi connectivity index (χ0n) is 22.5. The Bertz CT molecular complexity index is 1360. The Morgan fingerprint density at radius 2 is 1.63 bits per heavy atom. The number of aryl methyl sites for hydroxylation is 2. The van der Waals surface area contributed by atoms with Crippen LogP contribution >= 0.6 is 0 Å². The highest BCUT2D eigenvalue weighted by Crippen LogP contribution is 2.35. The van der Waals surface area contributed by atoms with Gasteiger partial charge in [-0.25, -0.2) is 13.6 Å². The molecular weight excluding hydrogens is 490 g/mol. The van der Waals surface area contributed by atoms with Crippen molar-refractivity contribution < 1.29 is 23.1 Å². The van der Waals surface area contributed by atoms with Crippen LogP contribution in [0, 0.1) is 25.7 Å². The maximum absolute atomic E-state index is 13.7. The molecule has 2 fully saturated rings. The largest absolute Gasteiger partial charge is 0.444 e. The van der Waals surface area contributed by atoms with Crippen molar-refractivity contribution in [1.82, 2.24) is 19.8 Å². The normalized spacial score (nSPS) is 19.5. The number of halogens is 2. The van der Waals surface area contributed by atoms with Gasteiger partial charge in [-0.3, -0.25) is 9.78 Å². The highest BCUT2D eigenvalue weighted by Gasteiger charge is 2.44. The van der Waals surface area contributed by atoms with Gasteiger partial charge in [0.25, 0.3) is 5.91 Å². The summed E-state index contributed by atoms with van der Waals surface area (Å²) in [6, 6.07) is 9.03. The van der Waals surface area contributed by atoms with Crippen LogP contribution in [0.3, 0.4) is 0 Å². The summed E-state index contributed by atoms with van der Waals surface area (Å²) in [7, 11) is 0. The number of aromatic amines is 1. The number of carbonyl (C=O) groups excluding carboxylic acids is 2. The van der Waals surface area contributed by atoms with Crippen LogP contribution in [-0.2, 0) is 11.2 Å². The number of fused-ring (bicyclic) bond motifs is 2. The third kappa shape index (κ3) is 5.24. The fraction of sp³-hybridized carbons (Fsp3) is 0.483. The van der Waals surface area contributed by atoms with Gasteiger partial charge in [0.2, 0.25) is 6.43 Å². The predicted molar refractivity (Wildman–Crippen MR) is 141 cm³/mol. The van der Waals surface area contributed by atoms with Gasteiger partial charge in [0.1, 0.15) is 5.60 Å². The number of rotatable bonds is 4. The molecule has 2 aliphatic rings. The minimum Gasteiger partial charge on any atom is -0.444 e. The van der Waals surface area contributed by atoms with Gasteiger partial charge >= 0.3 is 6.09 Å². The van der Waals surface area contributed by atoms with Crippen molar-refractivity contribution in [2.75, 3.05) is 26.2 Å². The van der Waals surface area contributed by atoms with E-state index in [1.165, 1.54) is 0 Å². The van der Waals surface area contributed by atoms with E-state index >= 15 is 0 Å². The zero-order chi connectivity index (χ0) is 27.4. The molecular formula is C29H34F2N4O3. The number of benzene rings is 1. The van der Waals surface area contributed by atoms with Crippen LogP contribution in [0.1, 0.15) is 48.1 Å². The van der Waals surface area contributed by atoms with E-state index in [4.69, 9.17) is 4.74 Å². The maximum atomic E-state index is 13.7. The first-order chi connectivity index (χ1) is 17.9. The summed E-state index contributed by atoms with van der Waals surface area (Å²) < 4.78 is 32.8. The van der Waals surface area contributed by atoms with Crippen molar-refractivity contribution in [1.29, 1.82) is 0 Å². The first kappa shape index (κ1) is 26.1. The van der Waals surface area contributed by atoms with E-state index < -0.39 is 18.4 Å². The monoisotopic (exact) mass is 524 g/mol. The van der Waals surface area contributed by atoms with Gasteiger partial charge in [0, 0.05) is 77.9 Å². The molecule has 38 heavy (non-hydrogen) atoms. The smallest absolute Gasteiger partial charge is 0.410 e. The number of nitrogens with zero attached hydrogens (tertiary/aromatic N) is 3. The second kappa shape index (κ2) is 9.67. The van der Waals surface area contributed by atoms with E-state index in [0.717, 1.165) is 17.0 Å². The number of alkyl halides is 2. The summed E-state index contributed by atoms with van der Waals surface area (Å²) in [5.41, 5.74) is 4.19. The summed E-state index contributed by atoms with van der Waals surface area (Å²) in [6.07, 6.45) is -3.26. The highest BCUT2D eigenvalue weighted by molar-refractivity contribution is 6.00. The van der Waals surface area contributed by atoms with Gasteiger partial charge < -0.3 is 19.5 Å². The molecule has 0 bridgehead atoms. The van der Waals surface area contributed by atoms with Crippen LogP contribution in [0.25, 0.3) is 22.2 Å². The Morgan fingerprint density at radius 3 is 2.21 bits per heavy atom. The zero-order valence-corrected chi connectivity index (χ0v) is 22.5. The lowest BCUT2D eigenvalue weighted by Crippen LogP contribution is -2.38. The fourth-order valence-electron chi connectivity index (χ4n) is 5.79. The average molecular weight is 525 g/mol. The topological polar surface area (TPSA) is 78.5 Å². The molecule has 2 unspecified atom stereocenters. The van der Waals surface area contributed by atoms with Gasteiger partial charge in [-0.1, -0.05) is 0 Å². The molecule has 0 saturated carbocycles. The number of carbonyl (C=O) groups is 2. The molecule has 2 atom stereocenters. The second-order valence-corrected chi connectivity index (χ2v) is 11.6. The van der Waals surface area contributed by atoms with E-state index in [1.54, 1.807) is 23.1 Å². The molecule has 3 aromatic rings. The van der Waals surface area contributed by atoms with Gasteiger partial charge in [-0.2, -0.15) is 0 Å². The number of likely N-dealkylation sites (tertiary alicyclic amines) is 2. The first-order valence-corrected chi connectivity index (χ1v) is 13.0. The molecule has 2 amide bonds. The molecule has 1 N–H and O–H groups in total. The van der Waals surface area contributed by atoms with Crippen LogP contribution in [0.4, 0.5) is 13.6 Å². The van der Waals surface area contributed by atoms with Crippen molar-refractivity contribution in [3.63, 3.8) is 0 Å². The molecule has 2 aromatic heterocycles. The van der Waals surface area contributed by atoms with Crippen molar-refractivity contribution in [3.05, 3.63) is 52.8 Å². The third-order valence-corrected chi connectivity index (χ3v) is 7.31. The molecule has 9 heteroatoms. The number of aromatic nitrogens is 2. The predicted octanol–water partition coefficient (Wildman–Crippen LogP) is 5.59. The molecule has 2 saturated heterocycles. The second-order valence-electron chi connectivity index (χ2n) is 11.6. The van der Waals surface area contributed by atoms with Gasteiger partial charge in [-0.05, 0) is 70.5 Å². The molecule has 0 spiro atoms. The number of hydrogen-bond acceptors (Lipinski definition) is 4. The van der Waals surface area contributed by atoms with Crippen LogP contribution in [0.2, 0.25) is 0 Å². The summed E-state index contributed by atoms with van der Waals surface area (Å²) >= 11 is 0. The standard InChI is InChI=1S/C29H34F2N4O3/c1-16-8-19(9-17(2)32-16)26-23(11-25(30)31)22-10-18(6-7-24(22)33-26)27(36)34-12-20-14-35(15-21(20)13-34)28(37)38-29(3,4)5/h6-10,20-21,25,33H,11-15H2,1-5H3. The van der Waals surface area contributed by atoms with Gasteiger partial charge in [-0.15, -0.1) is 0 Å². The minimum absolute atomic E-state index is 0.119. The number of nitrogens with one attached hydrogen (secondary N) is 1. The molecule has 4 heterocycles. The Balaban J connectivity index is 1.37. The van der Waals surface area contributed by atoms with Crippen molar-refractivity contribution in [2.45, 2.75) is 53.1 Å². The minimum atomic E-state index is -2.53. The number of ether oxygens (including phenoxy) is 1. The average Bonchev–Trinajstić information content (AvgIpc) is 3.48.